The molecular weight excluding hydrogens is 242 g/mol. The molecule has 0 aliphatic heterocycles. The Morgan fingerprint density at radius 3 is 2.53 bits per heavy atom. The highest BCUT2D eigenvalue weighted by Gasteiger charge is 2.11. The van der Waals surface area contributed by atoms with Crippen LogP contribution >= 0.6 is 0 Å². The van der Waals surface area contributed by atoms with E-state index in [4.69, 9.17) is 10.2 Å². The molecule has 0 aliphatic carbocycles. The number of phenolic OH excluding ortho intramolecular Hbond substituents is 1. The maximum absolute atomic E-state index is 12.1. The zero-order valence-corrected chi connectivity index (χ0v) is 9.96. The van der Waals surface area contributed by atoms with Gasteiger partial charge in [0.15, 0.2) is 5.43 Å². The maximum Gasteiger partial charge on any atom is 0.195 e. The van der Waals surface area contributed by atoms with Gasteiger partial charge in [-0.1, -0.05) is 30.3 Å². The van der Waals surface area contributed by atoms with Gasteiger partial charge in [0.25, 0.3) is 0 Å². The van der Waals surface area contributed by atoms with E-state index < -0.39 is 0 Å². The van der Waals surface area contributed by atoms with Crippen LogP contribution < -0.4 is 11.2 Å². The monoisotopic (exact) mass is 253 g/mol. The third-order valence-corrected chi connectivity index (χ3v) is 2.97. The molecule has 0 unspecified atom stereocenters. The molecule has 2 aromatic carbocycles. The van der Waals surface area contributed by atoms with Crippen molar-refractivity contribution in [2.75, 3.05) is 5.73 Å². The molecule has 0 fully saturated rings. The number of anilines is 1. The van der Waals surface area contributed by atoms with Gasteiger partial charge in [-0.15, -0.1) is 0 Å². The van der Waals surface area contributed by atoms with Crippen LogP contribution in [-0.2, 0) is 0 Å². The molecule has 1 heterocycles. The van der Waals surface area contributed by atoms with Crippen LogP contribution in [-0.4, -0.2) is 5.11 Å². The molecule has 94 valence electrons. The number of phenols is 1. The van der Waals surface area contributed by atoms with Crippen LogP contribution in [0.1, 0.15) is 0 Å². The number of benzene rings is 2. The normalized spacial score (nSPS) is 10.7. The molecule has 3 aromatic rings. The summed E-state index contributed by atoms with van der Waals surface area (Å²) in [4.78, 5) is 12.1. The van der Waals surface area contributed by atoms with E-state index in [1.54, 1.807) is 0 Å². The fourth-order valence-electron chi connectivity index (χ4n) is 2.01. The molecule has 0 spiro atoms. The molecular formula is C15H11NO3. The van der Waals surface area contributed by atoms with Crippen molar-refractivity contribution in [2.24, 2.45) is 0 Å². The molecule has 1 aromatic heterocycles. The summed E-state index contributed by atoms with van der Waals surface area (Å²) in [5.41, 5.74) is 6.65. The second kappa shape index (κ2) is 4.17. The SMILES string of the molecule is Nc1c(O)ccc2oc(-c3ccccc3)cc(=O)c12. The van der Waals surface area contributed by atoms with Gasteiger partial charge in [-0.2, -0.15) is 0 Å². The molecule has 4 heteroatoms. The number of nitrogens with two attached hydrogens (primary N) is 1. The lowest BCUT2D eigenvalue weighted by Crippen LogP contribution is -2.04. The number of rotatable bonds is 1. The number of fused-ring (bicyclic) bond motifs is 1. The summed E-state index contributed by atoms with van der Waals surface area (Å²) in [6, 6.07) is 13.7. The smallest absolute Gasteiger partial charge is 0.195 e. The summed E-state index contributed by atoms with van der Waals surface area (Å²) in [5, 5.41) is 9.73. The molecule has 0 bridgehead atoms. The molecule has 0 radical (unpaired) electrons. The Hall–Kier alpha value is -2.75. The van der Waals surface area contributed by atoms with Crippen molar-refractivity contribution in [3.05, 3.63) is 58.8 Å². The number of aromatic hydroxyl groups is 1. The third-order valence-electron chi connectivity index (χ3n) is 2.97. The topological polar surface area (TPSA) is 76.5 Å². The van der Waals surface area contributed by atoms with Gasteiger partial charge in [0.2, 0.25) is 0 Å². The highest BCUT2D eigenvalue weighted by molar-refractivity contribution is 5.92. The maximum atomic E-state index is 12.1. The summed E-state index contributed by atoms with van der Waals surface area (Å²) < 4.78 is 5.67. The Morgan fingerprint density at radius 1 is 1.05 bits per heavy atom. The fourth-order valence-corrected chi connectivity index (χ4v) is 2.01. The highest BCUT2D eigenvalue weighted by atomic mass is 16.3. The molecule has 0 saturated heterocycles. The predicted octanol–water partition coefficient (Wildman–Crippen LogP) is 2.75. The van der Waals surface area contributed by atoms with Gasteiger partial charge in [-0.25, -0.2) is 0 Å². The van der Waals surface area contributed by atoms with Gasteiger partial charge < -0.3 is 15.3 Å². The van der Waals surface area contributed by atoms with Crippen molar-refractivity contribution < 1.29 is 9.52 Å². The fraction of sp³-hybridized carbons (Fsp3) is 0. The average molecular weight is 253 g/mol. The van der Waals surface area contributed by atoms with Crippen LogP contribution in [0.3, 0.4) is 0 Å². The summed E-state index contributed by atoms with van der Waals surface area (Å²) >= 11 is 0. The van der Waals surface area contributed by atoms with E-state index in [1.165, 1.54) is 18.2 Å². The zero-order chi connectivity index (χ0) is 13.4. The third kappa shape index (κ3) is 1.83. The Bertz CT molecular complexity index is 807. The van der Waals surface area contributed by atoms with Gasteiger partial charge in [0.05, 0.1) is 11.1 Å². The van der Waals surface area contributed by atoms with E-state index in [1.807, 2.05) is 30.3 Å². The van der Waals surface area contributed by atoms with Gasteiger partial charge >= 0.3 is 0 Å². The lowest BCUT2D eigenvalue weighted by Gasteiger charge is -2.05. The number of hydrogen-bond donors (Lipinski definition) is 2. The van der Waals surface area contributed by atoms with Crippen LogP contribution in [0.25, 0.3) is 22.3 Å². The van der Waals surface area contributed by atoms with Crippen LogP contribution in [0.4, 0.5) is 5.69 Å². The Labute approximate surface area is 108 Å². The summed E-state index contributed by atoms with van der Waals surface area (Å²) in [7, 11) is 0. The summed E-state index contributed by atoms with van der Waals surface area (Å²) in [6.45, 7) is 0. The minimum absolute atomic E-state index is 0.0471. The molecule has 0 aliphatic rings. The Balaban J connectivity index is 2.33. The molecule has 3 N–H and O–H groups in total. The van der Waals surface area contributed by atoms with Gasteiger partial charge in [0, 0.05) is 11.6 Å². The first-order valence-electron chi connectivity index (χ1n) is 5.77. The van der Waals surface area contributed by atoms with Gasteiger partial charge in [0.1, 0.15) is 17.1 Å². The quantitative estimate of drug-likeness (QED) is 0.516. The lowest BCUT2D eigenvalue weighted by molar-refractivity contribution is 0.478. The van der Waals surface area contributed by atoms with Crippen LogP contribution in [0.5, 0.6) is 5.75 Å². The average Bonchev–Trinajstić information content (AvgIpc) is 2.43. The molecule has 19 heavy (non-hydrogen) atoms. The molecule has 3 rings (SSSR count). The second-order valence-corrected chi connectivity index (χ2v) is 4.21. The van der Waals surface area contributed by atoms with Crippen molar-refractivity contribution in [3.8, 4) is 17.1 Å². The van der Waals surface area contributed by atoms with Crippen molar-refractivity contribution in [1.29, 1.82) is 0 Å². The van der Waals surface area contributed by atoms with Crippen LogP contribution in [0.2, 0.25) is 0 Å². The molecule has 0 saturated carbocycles. The van der Waals surface area contributed by atoms with E-state index in [2.05, 4.69) is 0 Å². The van der Waals surface area contributed by atoms with E-state index in [9.17, 15) is 9.90 Å². The highest BCUT2D eigenvalue weighted by Crippen LogP contribution is 2.29. The zero-order valence-electron chi connectivity index (χ0n) is 9.96. The lowest BCUT2D eigenvalue weighted by atomic mass is 10.1. The van der Waals surface area contributed by atoms with E-state index >= 15 is 0 Å². The first-order chi connectivity index (χ1) is 9.16. The van der Waals surface area contributed by atoms with E-state index in [0.29, 0.717) is 11.3 Å². The minimum atomic E-state index is -0.270. The van der Waals surface area contributed by atoms with Crippen molar-refractivity contribution in [1.82, 2.24) is 0 Å². The molecule has 0 atom stereocenters. The largest absolute Gasteiger partial charge is 0.506 e. The van der Waals surface area contributed by atoms with Gasteiger partial charge in [-0.3, -0.25) is 4.79 Å². The van der Waals surface area contributed by atoms with Crippen LogP contribution in [0, 0.1) is 0 Å². The van der Waals surface area contributed by atoms with E-state index in [0.717, 1.165) is 5.56 Å². The van der Waals surface area contributed by atoms with Crippen molar-refractivity contribution in [3.63, 3.8) is 0 Å². The first-order valence-corrected chi connectivity index (χ1v) is 5.77. The number of hydrogen-bond acceptors (Lipinski definition) is 4. The summed E-state index contributed by atoms with van der Waals surface area (Å²) in [5.74, 6) is 0.357. The van der Waals surface area contributed by atoms with E-state index in [-0.39, 0.29) is 22.3 Å². The standard InChI is InChI=1S/C15H11NO3/c16-15-10(17)6-7-12-14(15)11(18)8-13(19-12)9-4-2-1-3-5-9/h1-8,17H,16H2. The second-order valence-electron chi connectivity index (χ2n) is 4.21. The minimum Gasteiger partial charge on any atom is -0.506 e. The summed E-state index contributed by atoms with van der Waals surface area (Å²) in [6.07, 6.45) is 0. The van der Waals surface area contributed by atoms with Gasteiger partial charge in [-0.05, 0) is 12.1 Å². The predicted molar refractivity (Wildman–Crippen MR) is 74.0 cm³/mol. The Kier molecular flexibility index (Phi) is 2.49. The first kappa shape index (κ1) is 11.3. The van der Waals surface area contributed by atoms with Crippen molar-refractivity contribution in [2.45, 2.75) is 0 Å². The van der Waals surface area contributed by atoms with Crippen molar-refractivity contribution >= 4 is 16.7 Å². The van der Waals surface area contributed by atoms with Crippen LogP contribution in [0.15, 0.2) is 57.7 Å². The number of nitrogen functional groups attached to an aromatic ring is 1. The Morgan fingerprint density at radius 2 is 1.79 bits per heavy atom. The molecule has 0 amide bonds. The molecule has 4 nitrogen and oxygen atoms in total.